The molecule has 1 unspecified atom stereocenters. The molecule has 2 rings (SSSR count). The van der Waals surface area contributed by atoms with Crippen LogP contribution in [-0.2, 0) is 21.4 Å². The summed E-state index contributed by atoms with van der Waals surface area (Å²) < 4.78 is 32.4. The van der Waals surface area contributed by atoms with Crippen LogP contribution in [0.2, 0.25) is 0 Å². The molecule has 0 spiro atoms. The van der Waals surface area contributed by atoms with Crippen molar-refractivity contribution >= 4 is 21.4 Å². The standard InChI is InChI=1S/C12H19NO4S2/c1-9-12(5-11(7-14)18-9)19(15,16)13-6-10-3-2-4-17-8-10/h5,10,13-14H,2-4,6-8H2,1H3. The highest BCUT2D eigenvalue weighted by Crippen LogP contribution is 2.25. The topological polar surface area (TPSA) is 75.6 Å². The number of rotatable bonds is 5. The second-order valence-electron chi connectivity index (χ2n) is 4.73. The average Bonchev–Trinajstić information content (AvgIpc) is 2.80. The molecule has 1 fully saturated rings. The monoisotopic (exact) mass is 305 g/mol. The first-order valence-corrected chi connectivity index (χ1v) is 8.60. The lowest BCUT2D eigenvalue weighted by Crippen LogP contribution is -2.33. The van der Waals surface area contributed by atoms with Crippen LogP contribution in [0, 0.1) is 12.8 Å². The van der Waals surface area contributed by atoms with Crippen LogP contribution in [0.4, 0.5) is 0 Å². The van der Waals surface area contributed by atoms with E-state index < -0.39 is 10.0 Å². The molecule has 7 heteroatoms. The van der Waals surface area contributed by atoms with E-state index in [9.17, 15) is 8.42 Å². The van der Waals surface area contributed by atoms with E-state index in [4.69, 9.17) is 9.84 Å². The zero-order chi connectivity index (χ0) is 13.9. The molecule has 2 N–H and O–H groups in total. The van der Waals surface area contributed by atoms with Crippen LogP contribution in [0.3, 0.4) is 0 Å². The van der Waals surface area contributed by atoms with E-state index in [-0.39, 0.29) is 17.4 Å². The van der Waals surface area contributed by atoms with Crippen molar-refractivity contribution in [2.75, 3.05) is 19.8 Å². The van der Waals surface area contributed by atoms with Crippen molar-refractivity contribution in [3.05, 3.63) is 15.8 Å². The quantitative estimate of drug-likeness (QED) is 0.858. The molecule has 0 amide bonds. The summed E-state index contributed by atoms with van der Waals surface area (Å²) in [5.41, 5.74) is 0. The highest BCUT2D eigenvalue weighted by atomic mass is 32.2. The maximum Gasteiger partial charge on any atom is 0.241 e. The Morgan fingerprint density at radius 3 is 2.95 bits per heavy atom. The lowest BCUT2D eigenvalue weighted by atomic mass is 10.0. The molecular formula is C12H19NO4S2. The molecule has 1 saturated heterocycles. The van der Waals surface area contributed by atoms with Gasteiger partial charge < -0.3 is 9.84 Å². The largest absolute Gasteiger partial charge is 0.391 e. The molecule has 0 saturated carbocycles. The minimum Gasteiger partial charge on any atom is -0.391 e. The van der Waals surface area contributed by atoms with Crippen molar-refractivity contribution < 1.29 is 18.3 Å². The van der Waals surface area contributed by atoms with Gasteiger partial charge in [-0.25, -0.2) is 13.1 Å². The van der Waals surface area contributed by atoms with E-state index in [0.717, 1.165) is 19.4 Å². The third-order valence-corrected chi connectivity index (χ3v) is 5.90. The number of ether oxygens (including phenoxy) is 1. The molecule has 1 atom stereocenters. The lowest BCUT2D eigenvalue weighted by Gasteiger charge is -2.22. The third kappa shape index (κ3) is 3.76. The van der Waals surface area contributed by atoms with Crippen LogP contribution in [0.5, 0.6) is 0 Å². The molecule has 1 aliphatic heterocycles. The number of hydrogen-bond acceptors (Lipinski definition) is 5. The molecular weight excluding hydrogens is 286 g/mol. The van der Waals surface area contributed by atoms with Crippen LogP contribution in [0.25, 0.3) is 0 Å². The van der Waals surface area contributed by atoms with Gasteiger partial charge in [0.15, 0.2) is 0 Å². The van der Waals surface area contributed by atoms with Gasteiger partial charge in [0.05, 0.1) is 18.1 Å². The molecule has 0 aromatic carbocycles. The van der Waals surface area contributed by atoms with E-state index >= 15 is 0 Å². The molecule has 0 aliphatic carbocycles. The molecule has 108 valence electrons. The van der Waals surface area contributed by atoms with Crippen molar-refractivity contribution in [2.45, 2.75) is 31.3 Å². The number of thiophene rings is 1. The van der Waals surface area contributed by atoms with E-state index in [1.807, 2.05) is 0 Å². The Balaban J connectivity index is 2.02. The lowest BCUT2D eigenvalue weighted by molar-refractivity contribution is 0.0568. The Morgan fingerprint density at radius 2 is 2.37 bits per heavy atom. The van der Waals surface area contributed by atoms with Crippen LogP contribution >= 0.6 is 11.3 Å². The van der Waals surface area contributed by atoms with Gasteiger partial charge >= 0.3 is 0 Å². The normalized spacial score (nSPS) is 20.6. The van der Waals surface area contributed by atoms with Crippen LogP contribution in [0.15, 0.2) is 11.0 Å². The van der Waals surface area contributed by atoms with Gasteiger partial charge in [0, 0.05) is 22.9 Å². The maximum atomic E-state index is 12.2. The Morgan fingerprint density at radius 1 is 1.58 bits per heavy atom. The molecule has 1 aromatic rings. The number of sulfonamides is 1. The maximum absolute atomic E-state index is 12.2. The minimum atomic E-state index is -3.49. The second kappa shape index (κ2) is 6.32. The Hall–Kier alpha value is -0.470. The summed E-state index contributed by atoms with van der Waals surface area (Å²) in [6.45, 7) is 3.42. The van der Waals surface area contributed by atoms with Crippen molar-refractivity contribution in [3.63, 3.8) is 0 Å². The number of hydrogen-bond donors (Lipinski definition) is 2. The summed E-state index contributed by atoms with van der Waals surface area (Å²) >= 11 is 1.31. The predicted octanol–water partition coefficient (Wildman–Crippen LogP) is 1.25. The van der Waals surface area contributed by atoms with Gasteiger partial charge in [-0.2, -0.15) is 0 Å². The molecule has 0 bridgehead atoms. The molecule has 1 aliphatic rings. The minimum absolute atomic E-state index is 0.127. The first-order valence-electron chi connectivity index (χ1n) is 6.30. The molecule has 0 radical (unpaired) electrons. The van der Waals surface area contributed by atoms with E-state index in [1.54, 1.807) is 13.0 Å². The van der Waals surface area contributed by atoms with Crippen molar-refractivity contribution in [1.29, 1.82) is 0 Å². The van der Waals surface area contributed by atoms with Gasteiger partial charge in [-0.15, -0.1) is 11.3 Å². The molecule has 2 heterocycles. The Kier molecular flexibility index (Phi) is 4.97. The molecule has 1 aromatic heterocycles. The summed E-state index contributed by atoms with van der Waals surface area (Å²) in [5, 5.41) is 9.05. The first kappa shape index (κ1) is 14.9. The number of nitrogens with one attached hydrogen (secondary N) is 1. The number of aliphatic hydroxyl groups excluding tert-OH is 1. The van der Waals surface area contributed by atoms with E-state index in [1.165, 1.54) is 11.3 Å². The van der Waals surface area contributed by atoms with Crippen molar-refractivity contribution in [2.24, 2.45) is 5.92 Å². The highest BCUT2D eigenvalue weighted by Gasteiger charge is 2.22. The van der Waals surface area contributed by atoms with Crippen molar-refractivity contribution in [3.8, 4) is 0 Å². The smallest absolute Gasteiger partial charge is 0.241 e. The van der Waals surface area contributed by atoms with Crippen LogP contribution in [-0.4, -0.2) is 33.3 Å². The Labute approximate surface area is 117 Å². The van der Waals surface area contributed by atoms with Gasteiger partial charge in [-0.1, -0.05) is 0 Å². The third-order valence-electron chi connectivity index (χ3n) is 3.19. The summed E-state index contributed by atoms with van der Waals surface area (Å²) in [5.74, 6) is 0.250. The van der Waals surface area contributed by atoms with E-state index in [2.05, 4.69) is 4.72 Å². The molecule has 5 nitrogen and oxygen atoms in total. The fourth-order valence-corrected chi connectivity index (χ4v) is 4.75. The summed E-state index contributed by atoms with van der Waals surface area (Å²) in [6, 6.07) is 1.54. The number of aryl methyl sites for hydroxylation is 1. The zero-order valence-corrected chi connectivity index (χ0v) is 12.5. The van der Waals surface area contributed by atoms with E-state index in [0.29, 0.717) is 22.9 Å². The van der Waals surface area contributed by atoms with Gasteiger partial charge in [-0.3, -0.25) is 0 Å². The highest BCUT2D eigenvalue weighted by molar-refractivity contribution is 7.89. The summed E-state index contributed by atoms with van der Waals surface area (Å²) in [4.78, 5) is 1.65. The average molecular weight is 305 g/mol. The second-order valence-corrected chi connectivity index (χ2v) is 7.80. The van der Waals surface area contributed by atoms with Gasteiger partial charge in [-0.05, 0) is 31.7 Å². The first-order chi connectivity index (χ1) is 9.03. The predicted molar refractivity (Wildman–Crippen MR) is 73.7 cm³/mol. The molecule has 19 heavy (non-hydrogen) atoms. The van der Waals surface area contributed by atoms with Crippen molar-refractivity contribution in [1.82, 2.24) is 4.72 Å². The summed E-state index contributed by atoms with van der Waals surface area (Å²) in [6.07, 6.45) is 1.98. The van der Waals surface area contributed by atoms with Gasteiger partial charge in [0.25, 0.3) is 0 Å². The fourth-order valence-electron chi connectivity index (χ4n) is 2.14. The van der Waals surface area contributed by atoms with Crippen LogP contribution < -0.4 is 4.72 Å². The van der Waals surface area contributed by atoms with Gasteiger partial charge in [0.1, 0.15) is 0 Å². The van der Waals surface area contributed by atoms with Gasteiger partial charge in [0.2, 0.25) is 10.0 Å². The number of aliphatic hydroxyl groups is 1. The zero-order valence-electron chi connectivity index (χ0n) is 10.9. The summed E-state index contributed by atoms with van der Waals surface area (Å²) in [7, 11) is -3.49. The Bertz CT molecular complexity index is 518. The SMILES string of the molecule is Cc1sc(CO)cc1S(=O)(=O)NCC1CCCOC1. The van der Waals surface area contributed by atoms with Crippen LogP contribution in [0.1, 0.15) is 22.6 Å². The fraction of sp³-hybridized carbons (Fsp3) is 0.667.